The summed E-state index contributed by atoms with van der Waals surface area (Å²) < 4.78 is 19.2. The molecule has 3 heteroatoms. The molecule has 2 nitrogen and oxygen atoms in total. The van der Waals surface area contributed by atoms with E-state index in [1.54, 1.807) is 12.1 Å². The van der Waals surface area contributed by atoms with Crippen molar-refractivity contribution in [1.29, 1.82) is 0 Å². The van der Waals surface area contributed by atoms with Crippen molar-refractivity contribution in [3.8, 4) is 0 Å². The van der Waals surface area contributed by atoms with Crippen LogP contribution in [0.1, 0.15) is 38.7 Å². The lowest BCUT2D eigenvalue weighted by atomic mass is 9.99. The van der Waals surface area contributed by atoms with Crippen LogP contribution < -0.4 is 5.32 Å². The Morgan fingerprint density at radius 3 is 2.89 bits per heavy atom. The minimum absolute atomic E-state index is 0.160. The van der Waals surface area contributed by atoms with Crippen LogP contribution in [0.25, 0.3) is 0 Å². The van der Waals surface area contributed by atoms with Crippen LogP contribution >= 0.6 is 0 Å². The zero-order valence-electron chi connectivity index (χ0n) is 11.9. The summed E-state index contributed by atoms with van der Waals surface area (Å²) in [7, 11) is 0. The Bertz CT molecular complexity index is 396. The van der Waals surface area contributed by atoms with Gasteiger partial charge in [0.15, 0.2) is 0 Å². The van der Waals surface area contributed by atoms with Crippen molar-refractivity contribution >= 4 is 0 Å². The van der Waals surface area contributed by atoms with Gasteiger partial charge in [-0.1, -0.05) is 19.1 Å². The third-order valence-corrected chi connectivity index (χ3v) is 3.71. The zero-order chi connectivity index (χ0) is 13.7. The van der Waals surface area contributed by atoms with Gasteiger partial charge in [0.25, 0.3) is 0 Å². The van der Waals surface area contributed by atoms with E-state index in [0.29, 0.717) is 6.10 Å². The van der Waals surface area contributed by atoms with Gasteiger partial charge in [0.05, 0.1) is 12.2 Å². The summed E-state index contributed by atoms with van der Waals surface area (Å²) in [6.45, 7) is 5.26. The Balaban J connectivity index is 2.00. The predicted molar refractivity (Wildman–Crippen MR) is 75.8 cm³/mol. The Hall–Kier alpha value is -0.930. The largest absolute Gasteiger partial charge is 0.374 e. The van der Waals surface area contributed by atoms with Gasteiger partial charge in [-0.15, -0.1) is 0 Å². The Kier molecular flexibility index (Phi) is 5.34. The molecule has 2 rings (SSSR count). The molecule has 1 aromatic carbocycles. The number of nitrogens with one attached hydrogen (secondary N) is 1. The highest BCUT2D eigenvalue weighted by Gasteiger charge is 2.29. The van der Waals surface area contributed by atoms with Crippen molar-refractivity contribution in [2.45, 2.75) is 57.8 Å². The van der Waals surface area contributed by atoms with Gasteiger partial charge in [0.2, 0.25) is 0 Å². The smallest absolute Gasteiger partial charge is 0.123 e. The van der Waals surface area contributed by atoms with Crippen molar-refractivity contribution in [3.63, 3.8) is 0 Å². The molecule has 1 heterocycles. The fraction of sp³-hybridized carbons (Fsp3) is 0.625. The van der Waals surface area contributed by atoms with Gasteiger partial charge in [-0.3, -0.25) is 0 Å². The van der Waals surface area contributed by atoms with Gasteiger partial charge in [0.1, 0.15) is 5.82 Å². The first-order valence-electron chi connectivity index (χ1n) is 7.32. The van der Waals surface area contributed by atoms with Crippen molar-refractivity contribution in [1.82, 2.24) is 5.32 Å². The van der Waals surface area contributed by atoms with Crippen LogP contribution in [0, 0.1) is 5.82 Å². The molecule has 1 N–H and O–H groups in total. The van der Waals surface area contributed by atoms with E-state index >= 15 is 0 Å². The molecule has 106 valence electrons. The molecule has 0 bridgehead atoms. The number of halogens is 1. The monoisotopic (exact) mass is 265 g/mol. The number of hydrogen-bond acceptors (Lipinski definition) is 2. The summed E-state index contributed by atoms with van der Waals surface area (Å²) in [4.78, 5) is 0. The number of ether oxygens (including phenoxy) is 1. The Morgan fingerprint density at radius 2 is 2.26 bits per heavy atom. The highest BCUT2D eigenvalue weighted by molar-refractivity contribution is 5.18. The number of benzene rings is 1. The molecule has 0 aromatic heterocycles. The minimum atomic E-state index is -0.160. The maximum absolute atomic E-state index is 13.3. The standard InChI is InChI=1S/C16H24FNO/c1-3-9-18-15(16-8-7-12(2)19-16)11-13-5-4-6-14(17)10-13/h4-6,10,12,15-16,18H,3,7-9,11H2,1-2H3. The molecule has 1 aliphatic heterocycles. The molecule has 3 unspecified atom stereocenters. The van der Waals surface area contributed by atoms with E-state index in [1.807, 2.05) is 6.07 Å². The van der Waals surface area contributed by atoms with Gasteiger partial charge in [0, 0.05) is 6.04 Å². The SMILES string of the molecule is CCCNC(Cc1cccc(F)c1)C1CCC(C)O1. The van der Waals surface area contributed by atoms with E-state index < -0.39 is 0 Å². The minimum Gasteiger partial charge on any atom is -0.374 e. The molecule has 1 aliphatic rings. The van der Waals surface area contributed by atoms with Gasteiger partial charge in [-0.2, -0.15) is 0 Å². The van der Waals surface area contributed by atoms with Crippen LogP contribution in [-0.2, 0) is 11.2 Å². The molecule has 1 fully saturated rings. The lowest BCUT2D eigenvalue weighted by Gasteiger charge is -2.25. The fourth-order valence-electron chi connectivity index (χ4n) is 2.71. The van der Waals surface area contributed by atoms with Crippen molar-refractivity contribution in [2.24, 2.45) is 0 Å². The summed E-state index contributed by atoms with van der Waals surface area (Å²) in [5.41, 5.74) is 1.04. The van der Waals surface area contributed by atoms with Crippen LogP contribution in [0.4, 0.5) is 4.39 Å². The molecule has 1 saturated heterocycles. The fourth-order valence-corrected chi connectivity index (χ4v) is 2.71. The third kappa shape index (κ3) is 4.29. The Morgan fingerprint density at radius 1 is 1.42 bits per heavy atom. The maximum Gasteiger partial charge on any atom is 0.123 e. The molecule has 1 aromatic rings. The summed E-state index contributed by atoms with van der Waals surface area (Å²) in [5.74, 6) is -0.160. The van der Waals surface area contributed by atoms with Gasteiger partial charge >= 0.3 is 0 Å². The van der Waals surface area contributed by atoms with Crippen LogP contribution in [0.2, 0.25) is 0 Å². The molecule has 19 heavy (non-hydrogen) atoms. The molecule has 0 amide bonds. The summed E-state index contributed by atoms with van der Waals surface area (Å²) in [6.07, 6.45) is 4.75. The normalized spacial score (nSPS) is 24.6. The molecular formula is C16H24FNO. The first-order valence-corrected chi connectivity index (χ1v) is 7.32. The third-order valence-electron chi connectivity index (χ3n) is 3.71. The van der Waals surface area contributed by atoms with Crippen LogP contribution in [0.15, 0.2) is 24.3 Å². The first-order chi connectivity index (χ1) is 9.19. The molecular weight excluding hydrogens is 241 g/mol. The maximum atomic E-state index is 13.3. The van der Waals surface area contributed by atoms with E-state index in [2.05, 4.69) is 19.2 Å². The highest BCUT2D eigenvalue weighted by Crippen LogP contribution is 2.23. The molecule has 0 radical (unpaired) electrons. The lowest BCUT2D eigenvalue weighted by Crippen LogP contribution is -2.42. The second kappa shape index (κ2) is 7.01. The van der Waals surface area contributed by atoms with E-state index in [1.165, 1.54) is 6.07 Å². The van der Waals surface area contributed by atoms with E-state index in [-0.39, 0.29) is 18.0 Å². The average Bonchev–Trinajstić information content (AvgIpc) is 2.81. The molecule has 3 atom stereocenters. The lowest BCUT2D eigenvalue weighted by molar-refractivity contribution is 0.0320. The van der Waals surface area contributed by atoms with Gasteiger partial charge < -0.3 is 10.1 Å². The second-order valence-corrected chi connectivity index (χ2v) is 5.46. The molecule has 0 spiro atoms. The number of rotatable bonds is 6. The molecule has 0 aliphatic carbocycles. The second-order valence-electron chi connectivity index (χ2n) is 5.46. The van der Waals surface area contributed by atoms with Crippen molar-refractivity contribution in [3.05, 3.63) is 35.6 Å². The quantitative estimate of drug-likeness (QED) is 0.852. The van der Waals surface area contributed by atoms with Gasteiger partial charge in [-0.05, 0) is 56.8 Å². The summed E-state index contributed by atoms with van der Waals surface area (Å²) in [5, 5.41) is 3.55. The summed E-state index contributed by atoms with van der Waals surface area (Å²) >= 11 is 0. The van der Waals surface area contributed by atoms with E-state index in [4.69, 9.17) is 4.74 Å². The highest BCUT2D eigenvalue weighted by atomic mass is 19.1. The topological polar surface area (TPSA) is 21.3 Å². The number of hydrogen-bond donors (Lipinski definition) is 1. The van der Waals surface area contributed by atoms with E-state index in [9.17, 15) is 4.39 Å². The van der Waals surface area contributed by atoms with E-state index in [0.717, 1.165) is 37.8 Å². The predicted octanol–water partition coefficient (Wildman–Crippen LogP) is 3.30. The van der Waals surface area contributed by atoms with Gasteiger partial charge in [-0.25, -0.2) is 4.39 Å². The van der Waals surface area contributed by atoms with Crippen LogP contribution in [0.5, 0.6) is 0 Å². The zero-order valence-corrected chi connectivity index (χ0v) is 11.9. The Labute approximate surface area is 115 Å². The molecule has 0 saturated carbocycles. The van der Waals surface area contributed by atoms with Crippen molar-refractivity contribution < 1.29 is 9.13 Å². The van der Waals surface area contributed by atoms with Crippen LogP contribution in [-0.4, -0.2) is 24.8 Å². The van der Waals surface area contributed by atoms with Crippen LogP contribution in [0.3, 0.4) is 0 Å². The average molecular weight is 265 g/mol. The first kappa shape index (κ1) is 14.5. The summed E-state index contributed by atoms with van der Waals surface area (Å²) in [6, 6.07) is 7.17. The van der Waals surface area contributed by atoms with Crippen molar-refractivity contribution in [2.75, 3.05) is 6.54 Å².